The van der Waals surface area contributed by atoms with Crippen molar-refractivity contribution in [2.24, 2.45) is 0 Å². The number of hydrogen-bond donors (Lipinski definition) is 0. The summed E-state index contributed by atoms with van der Waals surface area (Å²) < 4.78 is 0.806. The van der Waals surface area contributed by atoms with Crippen LogP contribution in [-0.4, -0.2) is 0 Å². The Bertz CT molecular complexity index is 171. The van der Waals surface area contributed by atoms with Crippen LogP contribution >= 0.6 is 34.5 Å². The second kappa shape index (κ2) is 2.72. The Balaban J connectivity index is 2.84. The van der Waals surface area contributed by atoms with Crippen LogP contribution in [0.1, 0.15) is 4.88 Å². The molecule has 1 rings (SSSR count). The molecule has 1 aromatic rings. The van der Waals surface area contributed by atoms with Gasteiger partial charge in [-0.3, -0.25) is 0 Å². The first-order valence-corrected chi connectivity index (χ1v) is 3.86. The molecule has 0 radical (unpaired) electrons. The lowest BCUT2D eigenvalue weighted by Gasteiger charge is -1.77. The lowest BCUT2D eigenvalue weighted by molar-refractivity contribution is 1.53. The van der Waals surface area contributed by atoms with Gasteiger partial charge in [-0.1, -0.05) is 11.6 Å². The normalized spacial score (nSPS) is 9.75. The Morgan fingerprint density at radius 3 is 2.50 bits per heavy atom. The molecule has 0 spiro atoms. The molecule has 0 saturated carbocycles. The van der Waals surface area contributed by atoms with Crippen LogP contribution in [-0.2, 0) is 5.88 Å². The summed E-state index contributed by atoms with van der Waals surface area (Å²) in [6.07, 6.45) is 0. The fourth-order valence-electron chi connectivity index (χ4n) is 0.424. The molecule has 0 aliphatic rings. The molecular formula is C5H4Cl2S. The molecule has 0 fully saturated rings. The molecule has 0 aromatic carbocycles. The summed E-state index contributed by atoms with van der Waals surface area (Å²) in [4.78, 5) is 1.12. The van der Waals surface area contributed by atoms with Crippen molar-refractivity contribution in [3.8, 4) is 0 Å². The SMILES string of the molecule is ClCc1ccc(Cl)s1. The average molecular weight is 167 g/mol. The van der Waals surface area contributed by atoms with Crippen molar-refractivity contribution in [3.63, 3.8) is 0 Å². The zero-order chi connectivity index (χ0) is 5.98. The minimum absolute atomic E-state index is 0.567. The summed E-state index contributed by atoms with van der Waals surface area (Å²) in [5, 5.41) is 0. The maximum Gasteiger partial charge on any atom is 0.0931 e. The molecule has 44 valence electrons. The van der Waals surface area contributed by atoms with Crippen molar-refractivity contribution in [2.75, 3.05) is 0 Å². The van der Waals surface area contributed by atoms with Crippen LogP contribution in [0.4, 0.5) is 0 Å². The quantitative estimate of drug-likeness (QED) is 0.563. The van der Waals surface area contributed by atoms with Crippen molar-refractivity contribution in [1.82, 2.24) is 0 Å². The Morgan fingerprint density at radius 2 is 2.25 bits per heavy atom. The standard InChI is InChI=1S/C5H4Cl2S/c6-3-4-1-2-5(7)8-4/h1-2H,3H2. The number of rotatable bonds is 1. The van der Waals surface area contributed by atoms with E-state index in [1.807, 2.05) is 12.1 Å². The van der Waals surface area contributed by atoms with E-state index in [1.165, 1.54) is 11.3 Å². The first-order chi connectivity index (χ1) is 3.83. The molecule has 0 aliphatic carbocycles. The molecule has 1 aromatic heterocycles. The van der Waals surface area contributed by atoms with Gasteiger partial charge in [0.1, 0.15) is 0 Å². The summed E-state index contributed by atoms with van der Waals surface area (Å²) in [7, 11) is 0. The van der Waals surface area contributed by atoms with Gasteiger partial charge in [0.05, 0.1) is 10.2 Å². The first-order valence-electron chi connectivity index (χ1n) is 2.13. The second-order valence-corrected chi connectivity index (χ2v) is 3.41. The van der Waals surface area contributed by atoms with E-state index in [2.05, 4.69) is 0 Å². The zero-order valence-corrected chi connectivity index (χ0v) is 6.35. The van der Waals surface area contributed by atoms with E-state index in [4.69, 9.17) is 23.2 Å². The van der Waals surface area contributed by atoms with Crippen molar-refractivity contribution >= 4 is 34.5 Å². The fourth-order valence-corrected chi connectivity index (χ4v) is 1.61. The maximum atomic E-state index is 5.60. The first kappa shape index (κ1) is 6.40. The molecule has 0 saturated heterocycles. The van der Waals surface area contributed by atoms with Gasteiger partial charge < -0.3 is 0 Å². The summed E-state index contributed by atoms with van der Waals surface area (Å²) in [6.45, 7) is 0. The van der Waals surface area contributed by atoms with E-state index >= 15 is 0 Å². The Morgan fingerprint density at radius 1 is 1.50 bits per heavy atom. The largest absolute Gasteiger partial charge is 0.127 e. The molecule has 1 heterocycles. The van der Waals surface area contributed by atoms with Gasteiger partial charge in [-0.15, -0.1) is 22.9 Å². The molecule has 0 bridgehead atoms. The fraction of sp³-hybridized carbons (Fsp3) is 0.200. The monoisotopic (exact) mass is 166 g/mol. The predicted molar refractivity (Wildman–Crippen MR) is 38.9 cm³/mol. The summed E-state index contributed by atoms with van der Waals surface area (Å²) in [5.41, 5.74) is 0. The van der Waals surface area contributed by atoms with Crippen molar-refractivity contribution < 1.29 is 0 Å². The summed E-state index contributed by atoms with van der Waals surface area (Å²) in [6, 6.07) is 3.78. The maximum absolute atomic E-state index is 5.60. The molecule has 8 heavy (non-hydrogen) atoms. The number of thiophene rings is 1. The van der Waals surface area contributed by atoms with E-state index in [0.717, 1.165) is 9.21 Å². The van der Waals surface area contributed by atoms with E-state index in [9.17, 15) is 0 Å². The summed E-state index contributed by atoms with van der Waals surface area (Å²) >= 11 is 12.6. The third-order valence-corrected chi connectivity index (χ3v) is 2.44. The zero-order valence-electron chi connectivity index (χ0n) is 4.03. The van der Waals surface area contributed by atoms with Crippen LogP contribution in [0.5, 0.6) is 0 Å². The van der Waals surface area contributed by atoms with E-state index in [-0.39, 0.29) is 0 Å². The van der Waals surface area contributed by atoms with E-state index in [1.54, 1.807) is 0 Å². The number of halogens is 2. The van der Waals surface area contributed by atoms with E-state index in [0.29, 0.717) is 5.88 Å². The van der Waals surface area contributed by atoms with Crippen LogP contribution < -0.4 is 0 Å². The molecule has 0 unspecified atom stereocenters. The number of alkyl halides is 1. The highest BCUT2D eigenvalue weighted by Crippen LogP contribution is 2.22. The second-order valence-electron chi connectivity index (χ2n) is 1.34. The average Bonchev–Trinajstić information content (AvgIpc) is 2.14. The Kier molecular flexibility index (Phi) is 2.17. The van der Waals surface area contributed by atoms with Crippen molar-refractivity contribution in [2.45, 2.75) is 5.88 Å². The van der Waals surface area contributed by atoms with Gasteiger partial charge in [-0.05, 0) is 12.1 Å². The highest BCUT2D eigenvalue weighted by atomic mass is 35.5. The highest BCUT2D eigenvalue weighted by molar-refractivity contribution is 7.16. The van der Waals surface area contributed by atoms with Crippen LogP contribution in [0, 0.1) is 0 Å². The molecule has 0 N–H and O–H groups in total. The minimum atomic E-state index is 0.567. The van der Waals surface area contributed by atoms with Crippen LogP contribution in [0.2, 0.25) is 4.34 Å². The molecule has 0 amide bonds. The van der Waals surface area contributed by atoms with Crippen LogP contribution in [0.3, 0.4) is 0 Å². The van der Waals surface area contributed by atoms with Crippen molar-refractivity contribution in [1.29, 1.82) is 0 Å². The topological polar surface area (TPSA) is 0 Å². The third kappa shape index (κ3) is 1.38. The third-order valence-electron chi connectivity index (χ3n) is 0.761. The van der Waals surface area contributed by atoms with Gasteiger partial charge in [0.15, 0.2) is 0 Å². The molecule has 0 nitrogen and oxygen atoms in total. The van der Waals surface area contributed by atoms with Crippen LogP contribution in [0.15, 0.2) is 12.1 Å². The smallest absolute Gasteiger partial charge is 0.0931 e. The minimum Gasteiger partial charge on any atom is -0.127 e. The van der Waals surface area contributed by atoms with Crippen LogP contribution in [0.25, 0.3) is 0 Å². The van der Waals surface area contributed by atoms with Crippen molar-refractivity contribution in [3.05, 3.63) is 21.3 Å². The molecular weight excluding hydrogens is 163 g/mol. The Labute approximate surface area is 62.0 Å². The molecule has 0 atom stereocenters. The lowest BCUT2D eigenvalue weighted by Crippen LogP contribution is -1.58. The predicted octanol–water partition coefficient (Wildman–Crippen LogP) is 3.14. The van der Waals surface area contributed by atoms with Gasteiger partial charge in [0.2, 0.25) is 0 Å². The molecule has 3 heteroatoms. The van der Waals surface area contributed by atoms with Gasteiger partial charge in [0.25, 0.3) is 0 Å². The van der Waals surface area contributed by atoms with Gasteiger partial charge in [0, 0.05) is 4.88 Å². The van der Waals surface area contributed by atoms with Gasteiger partial charge in [-0.25, -0.2) is 0 Å². The Hall–Kier alpha value is 0.280. The molecule has 0 aliphatic heterocycles. The summed E-state index contributed by atoms with van der Waals surface area (Å²) in [5.74, 6) is 0.567. The van der Waals surface area contributed by atoms with E-state index < -0.39 is 0 Å². The highest BCUT2D eigenvalue weighted by Gasteiger charge is 1.92. The number of hydrogen-bond acceptors (Lipinski definition) is 1. The lowest BCUT2D eigenvalue weighted by atomic mass is 10.5. The van der Waals surface area contributed by atoms with Gasteiger partial charge in [-0.2, -0.15) is 0 Å². The van der Waals surface area contributed by atoms with Gasteiger partial charge >= 0.3 is 0 Å².